The van der Waals surface area contributed by atoms with Gasteiger partial charge >= 0.3 is 0 Å². The molecule has 0 N–H and O–H groups in total. The van der Waals surface area contributed by atoms with Gasteiger partial charge in [-0.2, -0.15) is 0 Å². The Kier molecular flexibility index (Phi) is 6.68. The number of hydrogen-bond donors (Lipinski definition) is 0. The number of carbonyl (C=O) groups is 2. The van der Waals surface area contributed by atoms with Crippen LogP contribution in [0.25, 0.3) is 0 Å². The molecule has 0 aliphatic rings. The Balaban J connectivity index is 2.95. The Hall–Kier alpha value is -1.93. The summed E-state index contributed by atoms with van der Waals surface area (Å²) in [7, 11) is 3.03. The van der Waals surface area contributed by atoms with E-state index in [1.165, 1.54) is 32.9 Å². The average molecular weight is 292 g/mol. The Morgan fingerprint density at radius 3 is 2.35 bits per heavy atom. The highest BCUT2D eigenvalue weighted by atomic mass is 32.2. The predicted molar refractivity (Wildman–Crippen MR) is 79.6 cm³/mol. The highest BCUT2D eigenvalue weighted by Gasteiger charge is 2.10. The minimum absolute atomic E-state index is 0.0808. The molecule has 106 valence electrons. The van der Waals surface area contributed by atoms with Gasteiger partial charge in [-0.15, -0.1) is 0 Å². The first-order valence-corrected chi connectivity index (χ1v) is 6.94. The van der Waals surface area contributed by atoms with Crippen LogP contribution < -0.4 is 9.47 Å². The fourth-order valence-electron chi connectivity index (χ4n) is 1.52. The topological polar surface area (TPSA) is 52.6 Å². The van der Waals surface area contributed by atoms with E-state index in [1.54, 1.807) is 12.1 Å². The molecule has 0 heterocycles. The van der Waals surface area contributed by atoms with Crippen molar-refractivity contribution >= 4 is 23.2 Å². The van der Waals surface area contributed by atoms with Crippen LogP contribution in [-0.4, -0.2) is 31.4 Å². The number of thioether (sulfide) groups is 1. The molecular formula is C15H16O4S. The van der Waals surface area contributed by atoms with Crippen LogP contribution in [0.4, 0.5) is 0 Å². The van der Waals surface area contributed by atoms with E-state index in [9.17, 15) is 9.59 Å². The summed E-state index contributed by atoms with van der Waals surface area (Å²) in [6, 6.07) is 3.23. The number of carbonyl (C=O) groups excluding carboxylic acids is 2. The molecule has 0 spiro atoms. The maximum absolute atomic E-state index is 10.8. The summed E-state index contributed by atoms with van der Waals surface area (Å²) < 4.78 is 10.4. The Morgan fingerprint density at radius 2 is 1.90 bits per heavy atom. The molecule has 1 rings (SSSR count). The molecule has 0 aliphatic carbocycles. The Morgan fingerprint density at radius 1 is 1.30 bits per heavy atom. The number of benzene rings is 1. The average Bonchev–Trinajstić information content (AvgIpc) is 2.46. The molecule has 0 unspecified atom stereocenters. The van der Waals surface area contributed by atoms with Crippen LogP contribution in [0.3, 0.4) is 0 Å². The van der Waals surface area contributed by atoms with Crippen LogP contribution in [-0.2, 0) is 4.79 Å². The van der Waals surface area contributed by atoms with Crippen molar-refractivity contribution in [2.24, 2.45) is 0 Å². The summed E-state index contributed by atoms with van der Waals surface area (Å²) in [6.07, 6.45) is 1.32. The first-order chi connectivity index (χ1) is 9.62. The van der Waals surface area contributed by atoms with Crippen molar-refractivity contribution in [2.75, 3.05) is 20.0 Å². The van der Waals surface area contributed by atoms with Gasteiger partial charge in [-0.05, 0) is 12.1 Å². The highest BCUT2D eigenvalue weighted by Crippen LogP contribution is 2.29. The van der Waals surface area contributed by atoms with Crippen molar-refractivity contribution in [1.29, 1.82) is 0 Å². The molecule has 20 heavy (non-hydrogen) atoms. The summed E-state index contributed by atoms with van der Waals surface area (Å²) in [5, 5.41) is 0.0808. The fraction of sp³-hybridized carbons (Fsp3) is 0.333. The summed E-state index contributed by atoms with van der Waals surface area (Å²) in [6.45, 7) is 1.53. The third kappa shape index (κ3) is 4.63. The molecule has 0 fully saturated rings. The van der Waals surface area contributed by atoms with Crippen molar-refractivity contribution in [1.82, 2.24) is 0 Å². The first kappa shape index (κ1) is 16.1. The lowest BCUT2D eigenvalue weighted by Gasteiger charge is -2.09. The SMILES string of the molecule is COc1cc(C=O)cc(OC)c1C#CCCSC(C)=O. The summed E-state index contributed by atoms with van der Waals surface area (Å²) in [5.41, 5.74) is 1.07. The second-order valence-electron chi connectivity index (χ2n) is 3.81. The van der Waals surface area contributed by atoms with E-state index in [0.29, 0.717) is 34.8 Å². The summed E-state index contributed by atoms with van der Waals surface area (Å²) in [4.78, 5) is 21.6. The molecule has 0 aromatic heterocycles. The van der Waals surface area contributed by atoms with Crippen LogP contribution in [0, 0.1) is 11.8 Å². The van der Waals surface area contributed by atoms with E-state index in [-0.39, 0.29) is 5.12 Å². The monoisotopic (exact) mass is 292 g/mol. The van der Waals surface area contributed by atoms with Crippen molar-refractivity contribution < 1.29 is 19.1 Å². The van der Waals surface area contributed by atoms with Gasteiger partial charge in [0.1, 0.15) is 23.3 Å². The van der Waals surface area contributed by atoms with Crippen LogP contribution in [0.15, 0.2) is 12.1 Å². The van der Waals surface area contributed by atoms with Gasteiger partial charge in [0.15, 0.2) is 5.12 Å². The van der Waals surface area contributed by atoms with Crippen LogP contribution in [0.1, 0.15) is 29.3 Å². The standard InChI is InChI=1S/C15H16O4S/c1-11(17)20-7-5-4-6-13-14(18-2)8-12(10-16)9-15(13)19-3/h8-10H,5,7H2,1-3H3. The van der Waals surface area contributed by atoms with E-state index in [2.05, 4.69) is 11.8 Å². The second-order valence-corrected chi connectivity index (χ2v) is 5.08. The first-order valence-electron chi connectivity index (χ1n) is 5.95. The molecule has 4 nitrogen and oxygen atoms in total. The minimum atomic E-state index is 0.0808. The molecule has 0 atom stereocenters. The van der Waals surface area contributed by atoms with Gasteiger partial charge in [-0.25, -0.2) is 0 Å². The van der Waals surface area contributed by atoms with Gasteiger partial charge in [-0.1, -0.05) is 23.6 Å². The number of rotatable bonds is 5. The molecule has 0 saturated carbocycles. The largest absolute Gasteiger partial charge is 0.495 e. The zero-order chi connectivity index (χ0) is 15.0. The second kappa shape index (κ2) is 8.28. The van der Waals surface area contributed by atoms with Crippen LogP contribution in [0.5, 0.6) is 11.5 Å². The number of ether oxygens (including phenoxy) is 2. The zero-order valence-corrected chi connectivity index (χ0v) is 12.5. The normalized spacial score (nSPS) is 9.35. The number of hydrogen-bond acceptors (Lipinski definition) is 5. The van der Waals surface area contributed by atoms with Gasteiger partial charge in [0.25, 0.3) is 0 Å². The maximum atomic E-state index is 10.8. The molecule has 1 aromatic rings. The van der Waals surface area contributed by atoms with E-state index in [1.807, 2.05) is 0 Å². The summed E-state index contributed by atoms with van der Waals surface area (Å²) >= 11 is 1.24. The number of methoxy groups -OCH3 is 2. The summed E-state index contributed by atoms with van der Waals surface area (Å²) in [5.74, 6) is 7.59. The lowest BCUT2D eigenvalue weighted by atomic mass is 10.1. The molecule has 0 amide bonds. The van der Waals surface area contributed by atoms with Gasteiger partial charge in [0.05, 0.1) is 14.2 Å². The molecule has 0 saturated heterocycles. The van der Waals surface area contributed by atoms with Gasteiger partial charge in [-0.3, -0.25) is 9.59 Å². The lowest BCUT2D eigenvalue weighted by Crippen LogP contribution is -1.96. The minimum Gasteiger partial charge on any atom is -0.495 e. The van der Waals surface area contributed by atoms with Gasteiger partial charge in [0, 0.05) is 24.7 Å². The molecule has 0 aliphatic heterocycles. The van der Waals surface area contributed by atoms with Crippen molar-refractivity contribution in [3.8, 4) is 23.3 Å². The quantitative estimate of drug-likeness (QED) is 0.474. The Bertz CT molecular complexity index is 530. The molecule has 5 heteroatoms. The molecule has 0 bridgehead atoms. The van der Waals surface area contributed by atoms with Crippen molar-refractivity contribution in [3.63, 3.8) is 0 Å². The number of aldehydes is 1. The fourth-order valence-corrected chi connectivity index (χ4v) is 2.01. The van der Waals surface area contributed by atoms with E-state index in [0.717, 1.165) is 6.29 Å². The third-order valence-electron chi connectivity index (χ3n) is 2.41. The van der Waals surface area contributed by atoms with Gasteiger partial charge in [0.2, 0.25) is 0 Å². The van der Waals surface area contributed by atoms with Crippen molar-refractivity contribution in [2.45, 2.75) is 13.3 Å². The Labute approximate surface area is 122 Å². The third-order valence-corrected chi connectivity index (χ3v) is 3.22. The van der Waals surface area contributed by atoms with Crippen LogP contribution in [0.2, 0.25) is 0 Å². The zero-order valence-electron chi connectivity index (χ0n) is 11.7. The molecular weight excluding hydrogens is 276 g/mol. The van der Waals surface area contributed by atoms with E-state index in [4.69, 9.17) is 9.47 Å². The van der Waals surface area contributed by atoms with E-state index >= 15 is 0 Å². The lowest BCUT2D eigenvalue weighted by molar-refractivity contribution is -0.109. The van der Waals surface area contributed by atoms with Crippen LogP contribution >= 0.6 is 11.8 Å². The van der Waals surface area contributed by atoms with Gasteiger partial charge < -0.3 is 9.47 Å². The highest BCUT2D eigenvalue weighted by molar-refractivity contribution is 8.13. The molecule has 0 radical (unpaired) electrons. The van der Waals surface area contributed by atoms with Crippen molar-refractivity contribution in [3.05, 3.63) is 23.3 Å². The maximum Gasteiger partial charge on any atom is 0.185 e. The van der Waals surface area contributed by atoms with E-state index < -0.39 is 0 Å². The molecule has 1 aromatic carbocycles. The predicted octanol–water partition coefficient (Wildman–Crippen LogP) is 2.54. The smallest absolute Gasteiger partial charge is 0.185 e.